The Morgan fingerprint density at radius 3 is 2.66 bits per heavy atom. The van der Waals surface area contributed by atoms with Gasteiger partial charge in [-0.25, -0.2) is 0 Å². The van der Waals surface area contributed by atoms with Crippen LogP contribution in [0.2, 0.25) is 5.02 Å². The Bertz CT molecular complexity index is 1170. The highest BCUT2D eigenvalue weighted by Crippen LogP contribution is 2.41. The lowest BCUT2D eigenvalue weighted by Gasteiger charge is -2.47. The average Bonchev–Trinajstić information content (AvgIpc) is 3.22. The van der Waals surface area contributed by atoms with Crippen molar-refractivity contribution in [1.29, 1.82) is 5.26 Å². The number of ether oxygens (including phenoxy) is 2. The zero-order valence-electron chi connectivity index (χ0n) is 17.1. The van der Waals surface area contributed by atoms with Gasteiger partial charge in [0.05, 0.1) is 18.2 Å². The predicted molar refractivity (Wildman–Crippen MR) is 119 cm³/mol. The van der Waals surface area contributed by atoms with Crippen molar-refractivity contribution < 1.29 is 29.9 Å². The molecular weight excluding hydrogens is 454 g/mol. The van der Waals surface area contributed by atoms with Gasteiger partial charge < -0.3 is 29.9 Å². The van der Waals surface area contributed by atoms with Crippen molar-refractivity contribution in [3.05, 3.63) is 69.1 Å². The monoisotopic (exact) mass is 475 g/mol. The fourth-order valence-electron chi connectivity index (χ4n) is 4.08. The van der Waals surface area contributed by atoms with Crippen molar-refractivity contribution in [2.75, 3.05) is 13.7 Å². The molecule has 4 rings (SSSR count). The summed E-state index contributed by atoms with van der Waals surface area (Å²) in [5, 5.41) is 51.4. The maximum Gasteiger partial charge on any atom is 0.224 e. The van der Waals surface area contributed by atoms with Crippen molar-refractivity contribution in [2.24, 2.45) is 0 Å². The Kier molecular flexibility index (Phi) is 6.54. The number of nitrogens with zero attached hydrogens (tertiary/aromatic N) is 1. The summed E-state index contributed by atoms with van der Waals surface area (Å²) in [7, 11) is 1.31. The van der Waals surface area contributed by atoms with E-state index < -0.39 is 36.8 Å². The van der Waals surface area contributed by atoms with E-state index >= 15 is 0 Å². The fraction of sp³-hybridized carbons (Fsp3) is 0.348. The molecule has 0 saturated carbocycles. The summed E-state index contributed by atoms with van der Waals surface area (Å²) in [6.45, 7) is -0.570. The topological polar surface area (TPSA) is 123 Å². The average molecular weight is 476 g/mol. The van der Waals surface area contributed by atoms with E-state index in [9.17, 15) is 25.7 Å². The van der Waals surface area contributed by atoms with E-state index in [2.05, 4.69) is 6.07 Å². The van der Waals surface area contributed by atoms with Crippen LogP contribution in [-0.4, -0.2) is 58.6 Å². The van der Waals surface area contributed by atoms with Gasteiger partial charge in [0.2, 0.25) is 5.79 Å². The maximum absolute atomic E-state index is 10.7. The molecule has 3 aromatic rings. The second-order valence-electron chi connectivity index (χ2n) is 7.66. The molecule has 1 saturated heterocycles. The molecule has 1 aliphatic heterocycles. The molecule has 2 aromatic carbocycles. The molecule has 9 heteroatoms. The fourth-order valence-corrected chi connectivity index (χ4v) is 5.38. The van der Waals surface area contributed by atoms with Crippen LogP contribution in [0.3, 0.4) is 0 Å². The summed E-state index contributed by atoms with van der Waals surface area (Å²) in [5.74, 6) is -1.81. The molecule has 1 aromatic heterocycles. The van der Waals surface area contributed by atoms with Crippen molar-refractivity contribution in [1.82, 2.24) is 0 Å². The number of methoxy groups -OCH3 is 1. The van der Waals surface area contributed by atoms with Crippen LogP contribution >= 0.6 is 22.9 Å². The molecule has 1 fully saturated rings. The minimum Gasteiger partial charge on any atom is -0.394 e. The first kappa shape index (κ1) is 23.1. The first-order valence-electron chi connectivity index (χ1n) is 9.93. The van der Waals surface area contributed by atoms with Gasteiger partial charge in [-0.1, -0.05) is 23.7 Å². The smallest absolute Gasteiger partial charge is 0.224 e. The Morgan fingerprint density at radius 1 is 1.19 bits per heavy atom. The molecule has 32 heavy (non-hydrogen) atoms. The van der Waals surface area contributed by atoms with Crippen LogP contribution in [0.15, 0.2) is 42.5 Å². The van der Waals surface area contributed by atoms with E-state index in [1.54, 1.807) is 35.6 Å². The van der Waals surface area contributed by atoms with Gasteiger partial charge in [0.15, 0.2) is 0 Å². The Morgan fingerprint density at radius 2 is 1.97 bits per heavy atom. The number of rotatable bonds is 5. The number of hydrogen-bond acceptors (Lipinski definition) is 8. The summed E-state index contributed by atoms with van der Waals surface area (Å²) >= 11 is 8.01. The number of hydrogen-bond donors (Lipinski definition) is 4. The van der Waals surface area contributed by atoms with Gasteiger partial charge in [-0.05, 0) is 35.9 Å². The molecule has 0 aliphatic carbocycles. The van der Waals surface area contributed by atoms with Crippen molar-refractivity contribution in [3.8, 4) is 6.07 Å². The van der Waals surface area contributed by atoms with Gasteiger partial charge in [-0.15, -0.1) is 11.3 Å². The molecule has 2 heterocycles. The number of nitriles is 1. The molecular formula is C23H22ClNO6S. The van der Waals surface area contributed by atoms with E-state index in [1.807, 2.05) is 18.2 Å². The minimum atomic E-state index is -1.81. The van der Waals surface area contributed by atoms with Gasteiger partial charge in [0.25, 0.3) is 0 Å². The SMILES string of the molecule is CO[C@@]1(c2ccc(Cl)c(Cc3cc4c(C#N)cccc4s3)c2)OC(CO)[C@@H](O)C(O)[C@H]1O. The lowest BCUT2D eigenvalue weighted by atomic mass is 9.87. The number of thiophene rings is 1. The van der Waals surface area contributed by atoms with E-state index in [-0.39, 0.29) is 0 Å². The van der Waals surface area contributed by atoms with E-state index in [0.29, 0.717) is 22.6 Å². The predicted octanol–water partition coefficient (Wildman–Crippen LogP) is 2.29. The van der Waals surface area contributed by atoms with Gasteiger partial charge in [0, 0.05) is 39.1 Å². The highest BCUT2D eigenvalue weighted by molar-refractivity contribution is 7.19. The number of fused-ring (bicyclic) bond motifs is 1. The van der Waals surface area contributed by atoms with Gasteiger partial charge in [-0.2, -0.15) is 5.26 Å². The molecule has 0 amide bonds. The van der Waals surface area contributed by atoms with E-state index in [1.165, 1.54) is 7.11 Å². The summed E-state index contributed by atoms with van der Waals surface area (Å²) in [5.41, 5.74) is 1.71. The zero-order chi connectivity index (χ0) is 23.0. The molecule has 4 N–H and O–H groups in total. The van der Waals surface area contributed by atoms with Crippen LogP contribution in [0.4, 0.5) is 0 Å². The highest BCUT2D eigenvalue weighted by atomic mass is 35.5. The van der Waals surface area contributed by atoms with Crippen molar-refractivity contribution in [3.63, 3.8) is 0 Å². The normalized spacial score (nSPS) is 28.0. The Labute approximate surface area is 193 Å². The molecule has 0 radical (unpaired) electrons. The summed E-state index contributed by atoms with van der Waals surface area (Å²) in [6.07, 6.45) is -5.37. The molecule has 1 aliphatic rings. The minimum absolute atomic E-state index is 0.384. The summed E-state index contributed by atoms with van der Waals surface area (Å²) < 4.78 is 12.3. The first-order chi connectivity index (χ1) is 15.3. The third kappa shape index (κ3) is 3.81. The van der Waals surface area contributed by atoms with Crippen LogP contribution in [0.5, 0.6) is 0 Å². The van der Waals surface area contributed by atoms with Gasteiger partial charge in [0.1, 0.15) is 24.4 Å². The van der Waals surface area contributed by atoms with E-state index in [0.717, 1.165) is 20.5 Å². The number of aliphatic hydroxyl groups excluding tert-OH is 4. The second-order valence-corrected chi connectivity index (χ2v) is 9.24. The lowest BCUT2D eigenvalue weighted by molar-refractivity contribution is -0.366. The van der Waals surface area contributed by atoms with Crippen LogP contribution < -0.4 is 0 Å². The Hall–Kier alpha value is -2.06. The van der Waals surface area contributed by atoms with Crippen molar-refractivity contribution in [2.45, 2.75) is 36.6 Å². The summed E-state index contributed by atoms with van der Waals surface area (Å²) in [4.78, 5) is 0.988. The van der Waals surface area contributed by atoms with Gasteiger partial charge >= 0.3 is 0 Å². The quantitative estimate of drug-likeness (QED) is 0.446. The maximum atomic E-state index is 10.7. The molecule has 0 spiro atoms. The number of halogens is 1. The largest absolute Gasteiger partial charge is 0.394 e. The highest BCUT2D eigenvalue weighted by Gasteiger charge is 2.55. The van der Waals surface area contributed by atoms with Crippen LogP contribution in [-0.2, 0) is 21.7 Å². The standard InChI is InChI=1S/C23H22ClNO6S/c1-30-23(22(29)21(28)20(27)18(11-26)31-23)14-5-6-17(24)13(7-14)8-15-9-16-12(10-25)3-2-4-19(16)32-15/h2-7,9,18,20-22,26-29H,8,11H2,1H3/t18?,20-,21?,22-,23+/m1/s1. The third-order valence-electron chi connectivity index (χ3n) is 5.80. The summed E-state index contributed by atoms with van der Waals surface area (Å²) in [6, 6.07) is 14.7. The molecule has 168 valence electrons. The van der Waals surface area contributed by atoms with Gasteiger partial charge in [-0.3, -0.25) is 0 Å². The lowest BCUT2D eigenvalue weighted by Crippen LogP contribution is -2.64. The zero-order valence-corrected chi connectivity index (χ0v) is 18.7. The van der Waals surface area contributed by atoms with E-state index in [4.69, 9.17) is 21.1 Å². The van der Waals surface area contributed by atoms with Crippen LogP contribution in [0.25, 0.3) is 10.1 Å². The molecule has 7 nitrogen and oxygen atoms in total. The Balaban J connectivity index is 1.73. The number of benzene rings is 2. The third-order valence-corrected chi connectivity index (χ3v) is 7.27. The van der Waals surface area contributed by atoms with Crippen molar-refractivity contribution >= 4 is 33.0 Å². The molecule has 5 atom stereocenters. The second kappa shape index (κ2) is 9.06. The number of aliphatic hydroxyl groups is 4. The first-order valence-corrected chi connectivity index (χ1v) is 11.1. The molecule has 0 bridgehead atoms. The molecule has 2 unspecified atom stereocenters. The van der Waals surface area contributed by atoms with Crippen LogP contribution in [0, 0.1) is 11.3 Å². The van der Waals surface area contributed by atoms with Crippen LogP contribution in [0.1, 0.15) is 21.6 Å².